The van der Waals surface area contributed by atoms with Crippen LogP contribution in [0.15, 0.2) is 16.8 Å². The molecule has 4 nitrogen and oxygen atoms in total. The van der Waals surface area contributed by atoms with E-state index in [2.05, 4.69) is 5.32 Å². The number of thiophene rings is 1. The van der Waals surface area contributed by atoms with Gasteiger partial charge in [-0.1, -0.05) is 0 Å². The summed E-state index contributed by atoms with van der Waals surface area (Å²) in [5, 5.41) is 7.14. The molecular formula is C14H19NO3S. The Kier molecular flexibility index (Phi) is 4.15. The third kappa shape index (κ3) is 3.35. The fraction of sp³-hybridized carbons (Fsp3) is 0.643. The maximum absolute atomic E-state index is 12.0. The van der Waals surface area contributed by atoms with E-state index in [1.54, 1.807) is 11.3 Å². The molecule has 2 aliphatic rings. The lowest BCUT2D eigenvalue weighted by Gasteiger charge is -2.39. The van der Waals surface area contributed by atoms with E-state index in [0.717, 1.165) is 24.8 Å². The second kappa shape index (κ2) is 6.03. The molecule has 0 spiro atoms. The number of fused-ring (bicyclic) bond motifs is 1. The van der Waals surface area contributed by atoms with Crippen molar-refractivity contribution in [3.63, 3.8) is 0 Å². The van der Waals surface area contributed by atoms with Gasteiger partial charge in [0.25, 0.3) is 0 Å². The fourth-order valence-electron chi connectivity index (χ4n) is 2.85. The van der Waals surface area contributed by atoms with Crippen LogP contribution < -0.4 is 5.32 Å². The summed E-state index contributed by atoms with van der Waals surface area (Å²) in [6.07, 6.45) is 3.71. The molecule has 3 atom stereocenters. The minimum Gasteiger partial charge on any atom is -0.373 e. The maximum Gasteiger partial charge on any atom is 0.224 e. The molecule has 3 rings (SSSR count). The minimum absolute atomic E-state index is 0.110. The van der Waals surface area contributed by atoms with Crippen molar-refractivity contribution in [1.82, 2.24) is 5.32 Å². The van der Waals surface area contributed by atoms with E-state index >= 15 is 0 Å². The number of hydrogen-bond acceptors (Lipinski definition) is 4. The first-order valence-corrected chi connectivity index (χ1v) is 7.79. The van der Waals surface area contributed by atoms with Gasteiger partial charge in [0.15, 0.2) is 0 Å². The van der Waals surface area contributed by atoms with Gasteiger partial charge < -0.3 is 14.8 Å². The molecule has 2 heterocycles. The van der Waals surface area contributed by atoms with Gasteiger partial charge in [0, 0.05) is 6.04 Å². The molecule has 104 valence electrons. The third-order valence-electron chi connectivity index (χ3n) is 3.79. The van der Waals surface area contributed by atoms with E-state index in [-0.39, 0.29) is 24.2 Å². The SMILES string of the molecule is O=C(Cc1ccsc1)N[C@@H]1CC[C@H]2OCCO[C@H]2C1. The van der Waals surface area contributed by atoms with Gasteiger partial charge >= 0.3 is 0 Å². The highest BCUT2D eigenvalue weighted by molar-refractivity contribution is 7.07. The average molecular weight is 281 g/mol. The van der Waals surface area contributed by atoms with Crippen LogP contribution in [0.3, 0.4) is 0 Å². The molecule has 1 amide bonds. The van der Waals surface area contributed by atoms with Crippen molar-refractivity contribution in [3.8, 4) is 0 Å². The Bertz CT molecular complexity index is 420. The van der Waals surface area contributed by atoms with Gasteiger partial charge in [-0.3, -0.25) is 4.79 Å². The van der Waals surface area contributed by atoms with Crippen LogP contribution in [0.2, 0.25) is 0 Å². The number of carbonyl (C=O) groups is 1. The second-order valence-corrected chi connectivity index (χ2v) is 5.98. The highest BCUT2D eigenvalue weighted by Gasteiger charge is 2.34. The molecule has 5 heteroatoms. The molecule has 1 aromatic heterocycles. The van der Waals surface area contributed by atoms with E-state index in [1.165, 1.54) is 0 Å². The molecule has 0 aromatic carbocycles. The summed E-state index contributed by atoms with van der Waals surface area (Å²) in [6.45, 7) is 1.38. The molecule has 19 heavy (non-hydrogen) atoms. The molecule has 0 bridgehead atoms. The third-order valence-corrected chi connectivity index (χ3v) is 4.52. The molecule has 1 saturated carbocycles. The van der Waals surface area contributed by atoms with Gasteiger partial charge in [0.05, 0.1) is 31.8 Å². The molecule has 1 aromatic rings. The number of hydrogen-bond donors (Lipinski definition) is 1. The zero-order valence-corrected chi connectivity index (χ0v) is 11.7. The summed E-state index contributed by atoms with van der Waals surface area (Å²) < 4.78 is 11.4. The summed E-state index contributed by atoms with van der Waals surface area (Å²) in [7, 11) is 0. The van der Waals surface area contributed by atoms with Gasteiger partial charge in [-0.05, 0) is 41.7 Å². The zero-order valence-electron chi connectivity index (χ0n) is 10.8. The molecule has 1 N–H and O–H groups in total. The summed E-state index contributed by atoms with van der Waals surface area (Å²) in [5.41, 5.74) is 1.09. The topological polar surface area (TPSA) is 47.6 Å². The molecule has 1 aliphatic carbocycles. The van der Waals surface area contributed by atoms with E-state index in [1.807, 2.05) is 16.8 Å². The van der Waals surface area contributed by atoms with Crippen molar-refractivity contribution >= 4 is 17.2 Å². The summed E-state index contributed by atoms with van der Waals surface area (Å²) in [6, 6.07) is 2.23. The summed E-state index contributed by atoms with van der Waals surface area (Å²) in [4.78, 5) is 12.0. The fourth-order valence-corrected chi connectivity index (χ4v) is 3.52. The van der Waals surface area contributed by atoms with Crippen LogP contribution in [0, 0.1) is 0 Å². The normalized spacial score (nSPS) is 30.6. The summed E-state index contributed by atoms with van der Waals surface area (Å²) >= 11 is 1.63. The molecular weight excluding hydrogens is 262 g/mol. The predicted molar refractivity (Wildman–Crippen MR) is 73.3 cm³/mol. The van der Waals surface area contributed by atoms with Crippen LogP contribution in [0.4, 0.5) is 0 Å². The van der Waals surface area contributed by atoms with Crippen molar-refractivity contribution < 1.29 is 14.3 Å². The van der Waals surface area contributed by atoms with E-state index in [0.29, 0.717) is 19.6 Å². The first kappa shape index (κ1) is 13.1. The highest BCUT2D eigenvalue weighted by atomic mass is 32.1. The number of nitrogens with one attached hydrogen (secondary N) is 1. The first-order chi connectivity index (χ1) is 9.31. The Labute approximate surface area is 117 Å². The van der Waals surface area contributed by atoms with E-state index < -0.39 is 0 Å². The molecule has 1 saturated heterocycles. The van der Waals surface area contributed by atoms with Gasteiger partial charge in [-0.15, -0.1) is 0 Å². The smallest absolute Gasteiger partial charge is 0.224 e. The number of amides is 1. The lowest BCUT2D eigenvalue weighted by Crippen LogP contribution is -2.49. The Morgan fingerprint density at radius 2 is 2.16 bits per heavy atom. The van der Waals surface area contributed by atoms with Crippen LogP contribution in [0.5, 0.6) is 0 Å². The first-order valence-electron chi connectivity index (χ1n) is 6.85. The number of carbonyl (C=O) groups excluding carboxylic acids is 1. The number of ether oxygens (including phenoxy) is 2. The van der Waals surface area contributed by atoms with Crippen LogP contribution >= 0.6 is 11.3 Å². The standard InChI is InChI=1S/C14H19NO3S/c16-14(7-10-3-6-19-9-10)15-11-1-2-12-13(8-11)18-5-4-17-12/h3,6,9,11-13H,1-2,4-5,7-8H2,(H,15,16)/t11-,12-,13+/m1/s1. The van der Waals surface area contributed by atoms with Crippen LogP contribution in [-0.4, -0.2) is 37.4 Å². The molecule has 2 fully saturated rings. The highest BCUT2D eigenvalue weighted by Crippen LogP contribution is 2.26. The Morgan fingerprint density at radius 1 is 1.32 bits per heavy atom. The summed E-state index contributed by atoms with van der Waals surface area (Å²) in [5.74, 6) is 0.110. The lowest BCUT2D eigenvalue weighted by molar-refractivity contribution is -0.158. The Balaban J connectivity index is 1.49. The molecule has 0 radical (unpaired) electrons. The monoisotopic (exact) mass is 281 g/mol. The van der Waals surface area contributed by atoms with Crippen molar-refractivity contribution in [2.24, 2.45) is 0 Å². The quantitative estimate of drug-likeness (QED) is 0.918. The van der Waals surface area contributed by atoms with Crippen LogP contribution in [0.25, 0.3) is 0 Å². The van der Waals surface area contributed by atoms with Crippen molar-refractivity contribution in [3.05, 3.63) is 22.4 Å². The van der Waals surface area contributed by atoms with Gasteiger partial charge in [0.1, 0.15) is 0 Å². The number of rotatable bonds is 3. The lowest BCUT2D eigenvalue weighted by atomic mass is 9.89. The minimum atomic E-state index is 0.110. The van der Waals surface area contributed by atoms with Crippen LogP contribution in [0.1, 0.15) is 24.8 Å². The Hall–Kier alpha value is -0.910. The van der Waals surface area contributed by atoms with E-state index in [4.69, 9.17) is 9.47 Å². The van der Waals surface area contributed by atoms with Gasteiger partial charge in [0.2, 0.25) is 5.91 Å². The molecule has 0 unspecified atom stereocenters. The average Bonchev–Trinajstić information content (AvgIpc) is 2.91. The second-order valence-electron chi connectivity index (χ2n) is 5.20. The van der Waals surface area contributed by atoms with Gasteiger partial charge in [-0.25, -0.2) is 0 Å². The largest absolute Gasteiger partial charge is 0.373 e. The van der Waals surface area contributed by atoms with Crippen molar-refractivity contribution in [2.45, 2.75) is 43.9 Å². The van der Waals surface area contributed by atoms with Crippen LogP contribution in [-0.2, 0) is 20.7 Å². The van der Waals surface area contributed by atoms with E-state index in [9.17, 15) is 4.79 Å². The van der Waals surface area contributed by atoms with Crippen molar-refractivity contribution in [1.29, 1.82) is 0 Å². The zero-order chi connectivity index (χ0) is 13.1. The maximum atomic E-state index is 12.0. The predicted octanol–water partition coefficient (Wildman–Crippen LogP) is 1.74. The Morgan fingerprint density at radius 3 is 2.95 bits per heavy atom. The van der Waals surface area contributed by atoms with Crippen molar-refractivity contribution in [2.75, 3.05) is 13.2 Å². The van der Waals surface area contributed by atoms with Gasteiger partial charge in [-0.2, -0.15) is 11.3 Å². The molecule has 1 aliphatic heterocycles.